The summed E-state index contributed by atoms with van der Waals surface area (Å²) in [5, 5.41) is 21.5. The third kappa shape index (κ3) is 4.11. The Morgan fingerprint density at radius 1 is 1.00 bits per heavy atom. The Balaban J connectivity index is 1.22. The van der Waals surface area contributed by atoms with E-state index in [0.717, 1.165) is 22.3 Å². The van der Waals surface area contributed by atoms with Crippen molar-refractivity contribution in [2.24, 2.45) is 0 Å². The molecular formula is C26H21ClN2O6. The number of hydrogen-bond donors (Lipinski definition) is 3. The van der Waals surface area contributed by atoms with Crippen LogP contribution in [0.15, 0.2) is 66.7 Å². The number of benzene rings is 3. The Morgan fingerprint density at radius 3 is 2.17 bits per heavy atom. The van der Waals surface area contributed by atoms with Gasteiger partial charge >= 0.3 is 12.1 Å². The molecule has 5 rings (SSSR count). The van der Waals surface area contributed by atoms with Gasteiger partial charge in [-0.25, -0.2) is 9.59 Å². The normalized spacial score (nSPS) is 15.5. The Labute approximate surface area is 205 Å². The fourth-order valence-electron chi connectivity index (χ4n) is 4.54. The van der Waals surface area contributed by atoms with Crippen LogP contribution in [-0.4, -0.2) is 58.4 Å². The van der Waals surface area contributed by atoms with Gasteiger partial charge in [-0.05, 0) is 40.5 Å². The highest BCUT2D eigenvalue weighted by atomic mass is 35.5. The Kier molecular flexibility index (Phi) is 5.70. The van der Waals surface area contributed by atoms with Gasteiger partial charge in [-0.3, -0.25) is 10.1 Å². The maximum Gasteiger partial charge on any atom is 0.411 e. The lowest BCUT2D eigenvalue weighted by Crippen LogP contribution is -2.67. The number of carboxylic acids is 1. The number of β-amino-alcohol motifs (C(OH)–C–C–N with tert-alkyl or cyclic N) is 1. The average Bonchev–Trinajstić information content (AvgIpc) is 3.15. The van der Waals surface area contributed by atoms with Crippen LogP contribution in [-0.2, 0) is 9.53 Å². The molecule has 0 bridgehead atoms. The number of rotatable bonds is 5. The number of carbonyl (C=O) groups is 3. The number of anilines is 1. The molecule has 1 heterocycles. The first-order valence-electron chi connectivity index (χ1n) is 10.9. The minimum Gasteiger partial charge on any atom is -0.479 e. The van der Waals surface area contributed by atoms with E-state index in [9.17, 15) is 19.5 Å². The molecule has 3 aromatic carbocycles. The monoisotopic (exact) mass is 492 g/mol. The van der Waals surface area contributed by atoms with Crippen LogP contribution >= 0.6 is 11.6 Å². The highest BCUT2D eigenvalue weighted by Crippen LogP contribution is 2.44. The van der Waals surface area contributed by atoms with Gasteiger partial charge in [0.2, 0.25) is 0 Å². The summed E-state index contributed by atoms with van der Waals surface area (Å²) in [6.45, 7) is -0.466. The molecular weight excluding hydrogens is 472 g/mol. The number of halogens is 1. The number of nitrogens with one attached hydrogen (secondary N) is 1. The Hall–Kier alpha value is -3.88. The van der Waals surface area contributed by atoms with Crippen molar-refractivity contribution >= 4 is 35.3 Å². The molecule has 1 fully saturated rings. The van der Waals surface area contributed by atoms with E-state index in [0.29, 0.717) is 0 Å². The molecule has 35 heavy (non-hydrogen) atoms. The van der Waals surface area contributed by atoms with Crippen molar-refractivity contribution in [1.82, 2.24) is 4.90 Å². The van der Waals surface area contributed by atoms with Gasteiger partial charge in [0.25, 0.3) is 5.91 Å². The van der Waals surface area contributed by atoms with Crippen molar-refractivity contribution in [3.63, 3.8) is 0 Å². The third-order valence-corrected chi connectivity index (χ3v) is 6.70. The van der Waals surface area contributed by atoms with Crippen LogP contribution in [0.1, 0.15) is 27.4 Å². The van der Waals surface area contributed by atoms with Crippen molar-refractivity contribution in [3.05, 3.63) is 88.4 Å². The Morgan fingerprint density at radius 2 is 1.60 bits per heavy atom. The number of aliphatic carboxylic acids is 1. The number of hydrogen-bond acceptors (Lipinski definition) is 5. The molecule has 0 unspecified atom stereocenters. The smallest absolute Gasteiger partial charge is 0.411 e. The van der Waals surface area contributed by atoms with E-state index >= 15 is 0 Å². The second-order valence-corrected chi connectivity index (χ2v) is 9.05. The fraction of sp³-hybridized carbons (Fsp3) is 0.192. The van der Waals surface area contributed by atoms with Gasteiger partial charge in [0.15, 0.2) is 5.60 Å². The number of ether oxygens (including phenoxy) is 1. The van der Waals surface area contributed by atoms with Crippen molar-refractivity contribution in [3.8, 4) is 11.1 Å². The molecule has 1 aliphatic heterocycles. The standard InChI is InChI=1S/C26H21ClN2O6/c27-21-11-15(23(30)29-13-26(34,14-29)24(31)32)9-10-22(21)28-25(33)35-12-20-18-7-3-1-5-16(18)17-6-2-4-8-19(17)20/h1-11,20,34H,12-14H2,(H,28,33)(H,31,32). The van der Waals surface area contributed by atoms with Crippen molar-refractivity contribution < 1.29 is 29.3 Å². The lowest BCUT2D eigenvalue weighted by atomic mass is 9.93. The van der Waals surface area contributed by atoms with Crippen LogP contribution in [0.4, 0.5) is 10.5 Å². The van der Waals surface area contributed by atoms with Gasteiger partial charge in [-0.1, -0.05) is 60.1 Å². The predicted octanol–water partition coefficient (Wildman–Crippen LogP) is 3.97. The van der Waals surface area contributed by atoms with Gasteiger partial charge < -0.3 is 19.8 Å². The van der Waals surface area contributed by atoms with E-state index < -0.39 is 23.6 Å². The predicted molar refractivity (Wildman–Crippen MR) is 129 cm³/mol. The van der Waals surface area contributed by atoms with Crippen LogP contribution in [0.3, 0.4) is 0 Å². The molecule has 1 aliphatic carbocycles. The number of aliphatic hydroxyl groups is 1. The van der Waals surface area contributed by atoms with Gasteiger partial charge in [-0.15, -0.1) is 0 Å². The molecule has 2 aliphatic rings. The van der Waals surface area contributed by atoms with E-state index in [1.165, 1.54) is 23.1 Å². The van der Waals surface area contributed by atoms with E-state index in [1.54, 1.807) is 0 Å². The minimum absolute atomic E-state index is 0.0791. The summed E-state index contributed by atoms with van der Waals surface area (Å²) in [5.41, 5.74) is 3.01. The fourth-order valence-corrected chi connectivity index (χ4v) is 4.77. The molecule has 0 atom stereocenters. The molecule has 8 nitrogen and oxygen atoms in total. The maximum atomic E-state index is 12.5. The first-order valence-corrected chi connectivity index (χ1v) is 11.3. The highest BCUT2D eigenvalue weighted by Gasteiger charge is 2.50. The number of fused-ring (bicyclic) bond motifs is 3. The number of amides is 2. The summed E-state index contributed by atoms with van der Waals surface area (Å²) in [4.78, 5) is 37.3. The van der Waals surface area contributed by atoms with Crippen LogP contribution in [0.5, 0.6) is 0 Å². The lowest BCUT2D eigenvalue weighted by Gasteiger charge is -2.43. The molecule has 0 aromatic heterocycles. The molecule has 0 spiro atoms. The van der Waals surface area contributed by atoms with Crippen molar-refractivity contribution in [2.45, 2.75) is 11.5 Å². The average molecular weight is 493 g/mol. The third-order valence-electron chi connectivity index (χ3n) is 6.39. The number of nitrogens with zero attached hydrogens (tertiary/aromatic N) is 1. The van der Waals surface area contributed by atoms with Gasteiger partial charge in [-0.2, -0.15) is 0 Å². The van der Waals surface area contributed by atoms with Gasteiger partial charge in [0, 0.05) is 11.5 Å². The van der Waals surface area contributed by atoms with E-state index in [1.807, 2.05) is 36.4 Å². The van der Waals surface area contributed by atoms with Crippen molar-refractivity contribution in [1.29, 1.82) is 0 Å². The SMILES string of the molecule is O=C(Nc1ccc(C(=O)N2CC(O)(C(=O)O)C2)cc1Cl)OCC1c2ccccc2-c2ccccc21. The van der Waals surface area contributed by atoms with Crippen LogP contribution in [0.2, 0.25) is 5.02 Å². The van der Waals surface area contributed by atoms with E-state index in [-0.39, 0.29) is 41.9 Å². The highest BCUT2D eigenvalue weighted by molar-refractivity contribution is 6.34. The van der Waals surface area contributed by atoms with Gasteiger partial charge in [0.1, 0.15) is 6.61 Å². The quantitative estimate of drug-likeness (QED) is 0.496. The van der Waals surface area contributed by atoms with E-state index in [4.69, 9.17) is 21.4 Å². The summed E-state index contributed by atoms with van der Waals surface area (Å²) in [5.74, 6) is -1.92. The number of carboxylic acid groups (broad SMARTS) is 1. The molecule has 3 N–H and O–H groups in total. The zero-order chi connectivity index (χ0) is 24.7. The van der Waals surface area contributed by atoms with Crippen molar-refractivity contribution in [2.75, 3.05) is 25.0 Å². The number of carbonyl (C=O) groups excluding carboxylic acids is 2. The summed E-state index contributed by atoms with van der Waals surface area (Å²) >= 11 is 6.27. The van der Waals surface area contributed by atoms with Gasteiger partial charge in [0.05, 0.1) is 23.8 Å². The minimum atomic E-state index is -1.93. The molecule has 1 saturated heterocycles. The number of likely N-dealkylation sites (tertiary alicyclic amines) is 1. The first kappa shape index (κ1) is 22.9. The molecule has 2 amide bonds. The lowest BCUT2D eigenvalue weighted by molar-refractivity contribution is -0.173. The van der Waals surface area contributed by atoms with Crippen LogP contribution < -0.4 is 5.32 Å². The van der Waals surface area contributed by atoms with E-state index in [2.05, 4.69) is 17.4 Å². The topological polar surface area (TPSA) is 116 Å². The molecule has 9 heteroatoms. The second kappa shape index (κ2) is 8.72. The zero-order valence-corrected chi connectivity index (χ0v) is 19.2. The molecule has 3 aromatic rings. The largest absolute Gasteiger partial charge is 0.479 e. The molecule has 0 saturated carbocycles. The summed E-state index contributed by atoms with van der Waals surface area (Å²) in [6, 6.07) is 20.4. The first-order chi connectivity index (χ1) is 16.8. The van der Waals surface area contributed by atoms with Crippen LogP contribution in [0, 0.1) is 0 Å². The zero-order valence-electron chi connectivity index (χ0n) is 18.4. The molecule has 178 valence electrons. The Bertz CT molecular complexity index is 1310. The van der Waals surface area contributed by atoms with Crippen LogP contribution in [0.25, 0.3) is 11.1 Å². The molecule has 0 radical (unpaired) electrons. The second-order valence-electron chi connectivity index (χ2n) is 8.64. The summed E-state index contributed by atoms with van der Waals surface area (Å²) in [7, 11) is 0. The summed E-state index contributed by atoms with van der Waals surface area (Å²) < 4.78 is 5.52. The summed E-state index contributed by atoms with van der Waals surface area (Å²) in [6.07, 6.45) is -0.679. The maximum absolute atomic E-state index is 12.5.